The molecule has 0 unspecified atom stereocenters. The lowest BCUT2D eigenvalue weighted by atomic mass is 10.1. The summed E-state index contributed by atoms with van der Waals surface area (Å²) in [4.78, 5) is 10.6. The van der Waals surface area contributed by atoms with Gasteiger partial charge in [-0.15, -0.1) is 0 Å². The van der Waals surface area contributed by atoms with Gasteiger partial charge in [0.1, 0.15) is 5.75 Å². The molecule has 0 bridgehead atoms. The van der Waals surface area contributed by atoms with Crippen LogP contribution in [0.25, 0.3) is 0 Å². The predicted octanol–water partition coefficient (Wildman–Crippen LogP) is 2.56. The van der Waals surface area contributed by atoms with Crippen molar-refractivity contribution in [3.63, 3.8) is 0 Å². The van der Waals surface area contributed by atoms with E-state index in [1.807, 2.05) is 24.3 Å². The van der Waals surface area contributed by atoms with Crippen molar-refractivity contribution in [1.29, 1.82) is 0 Å². The van der Waals surface area contributed by atoms with Crippen LogP contribution in [0.4, 0.5) is 0 Å². The van der Waals surface area contributed by atoms with Gasteiger partial charge in [0, 0.05) is 6.92 Å². The van der Waals surface area contributed by atoms with E-state index in [-0.39, 0.29) is 5.97 Å². The van der Waals surface area contributed by atoms with Crippen molar-refractivity contribution < 1.29 is 9.53 Å². The van der Waals surface area contributed by atoms with Crippen LogP contribution in [0.2, 0.25) is 0 Å². The zero-order chi connectivity index (χ0) is 9.68. The Hall–Kier alpha value is -1.31. The van der Waals surface area contributed by atoms with E-state index in [1.165, 1.54) is 12.5 Å². The zero-order valence-electron chi connectivity index (χ0n) is 8.04. The Kier molecular flexibility index (Phi) is 3.50. The lowest BCUT2D eigenvalue weighted by molar-refractivity contribution is -0.131. The third kappa shape index (κ3) is 3.28. The first-order chi connectivity index (χ1) is 6.22. The average molecular weight is 178 g/mol. The summed E-state index contributed by atoms with van der Waals surface area (Å²) >= 11 is 0. The smallest absolute Gasteiger partial charge is 0.308 e. The summed E-state index contributed by atoms with van der Waals surface area (Å²) in [7, 11) is 0. The summed E-state index contributed by atoms with van der Waals surface area (Å²) in [5, 5.41) is 0. The molecule has 13 heavy (non-hydrogen) atoms. The van der Waals surface area contributed by atoms with Gasteiger partial charge in [-0.2, -0.15) is 0 Å². The Bertz CT molecular complexity index is 275. The largest absolute Gasteiger partial charge is 0.427 e. The van der Waals surface area contributed by atoms with E-state index in [0.717, 1.165) is 12.8 Å². The minimum atomic E-state index is -0.275. The molecule has 0 saturated heterocycles. The van der Waals surface area contributed by atoms with Gasteiger partial charge in [0.05, 0.1) is 0 Å². The highest BCUT2D eigenvalue weighted by atomic mass is 16.5. The number of aryl methyl sites for hydroxylation is 1. The molecule has 1 rings (SSSR count). The molecule has 0 fully saturated rings. The number of hydrogen-bond donors (Lipinski definition) is 0. The molecule has 2 heteroatoms. The number of hydrogen-bond acceptors (Lipinski definition) is 2. The lowest BCUT2D eigenvalue weighted by Crippen LogP contribution is -2.01. The number of benzene rings is 1. The number of carbonyl (C=O) groups excluding carboxylic acids is 1. The lowest BCUT2D eigenvalue weighted by Gasteiger charge is -2.02. The maximum Gasteiger partial charge on any atom is 0.308 e. The Morgan fingerprint density at radius 2 is 1.92 bits per heavy atom. The van der Waals surface area contributed by atoms with Crippen LogP contribution in [0, 0.1) is 0 Å². The van der Waals surface area contributed by atoms with Crippen LogP contribution in [0.15, 0.2) is 24.3 Å². The molecule has 0 aromatic heterocycles. The molecule has 0 aliphatic carbocycles. The summed E-state index contributed by atoms with van der Waals surface area (Å²) in [6.45, 7) is 3.54. The van der Waals surface area contributed by atoms with Crippen LogP contribution in [0.5, 0.6) is 5.75 Å². The summed E-state index contributed by atoms with van der Waals surface area (Å²) in [5.41, 5.74) is 1.28. The van der Waals surface area contributed by atoms with Crippen LogP contribution in [0.3, 0.4) is 0 Å². The summed E-state index contributed by atoms with van der Waals surface area (Å²) in [6, 6.07) is 7.63. The van der Waals surface area contributed by atoms with Gasteiger partial charge in [0.15, 0.2) is 0 Å². The SMILES string of the molecule is CCCc1ccc(OC(C)=O)cc1. The minimum absolute atomic E-state index is 0.275. The molecule has 0 spiro atoms. The minimum Gasteiger partial charge on any atom is -0.427 e. The summed E-state index contributed by atoms with van der Waals surface area (Å²) in [5.74, 6) is 0.343. The highest BCUT2D eigenvalue weighted by molar-refractivity contribution is 5.69. The molecule has 0 aliphatic heterocycles. The van der Waals surface area contributed by atoms with Crippen LogP contribution >= 0.6 is 0 Å². The number of rotatable bonds is 3. The Balaban J connectivity index is 2.64. The van der Waals surface area contributed by atoms with Crippen molar-refractivity contribution in [2.75, 3.05) is 0 Å². The second-order valence-corrected chi connectivity index (χ2v) is 2.99. The van der Waals surface area contributed by atoms with Gasteiger partial charge in [-0.3, -0.25) is 4.79 Å². The fraction of sp³-hybridized carbons (Fsp3) is 0.364. The van der Waals surface area contributed by atoms with E-state index in [9.17, 15) is 4.79 Å². The normalized spacial score (nSPS) is 9.69. The molecule has 0 radical (unpaired) electrons. The van der Waals surface area contributed by atoms with Crippen LogP contribution in [-0.2, 0) is 11.2 Å². The van der Waals surface area contributed by atoms with Crippen LogP contribution < -0.4 is 4.74 Å². The van der Waals surface area contributed by atoms with Gasteiger partial charge >= 0.3 is 5.97 Å². The summed E-state index contributed by atoms with van der Waals surface area (Å²) < 4.78 is 4.91. The Morgan fingerprint density at radius 3 is 2.38 bits per heavy atom. The molecular formula is C11H14O2. The molecule has 0 atom stereocenters. The second kappa shape index (κ2) is 4.65. The van der Waals surface area contributed by atoms with Gasteiger partial charge in [0.25, 0.3) is 0 Å². The fourth-order valence-corrected chi connectivity index (χ4v) is 1.18. The molecule has 0 amide bonds. The molecule has 0 saturated carbocycles. The quantitative estimate of drug-likeness (QED) is 0.525. The maximum atomic E-state index is 10.6. The van der Waals surface area contributed by atoms with Crippen molar-refractivity contribution >= 4 is 5.97 Å². The van der Waals surface area contributed by atoms with E-state index >= 15 is 0 Å². The highest BCUT2D eigenvalue weighted by Gasteiger charge is 1.97. The topological polar surface area (TPSA) is 26.3 Å². The van der Waals surface area contributed by atoms with E-state index in [4.69, 9.17) is 4.74 Å². The van der Waals surface area contributed by atoms with Crippen LogP contribution in [-0.4, -0.2) is 5.97 Å². The van der Waals surface area contributed by atoms with Crippen molar-refractivity contribution in [2.24, 2.45) is 0 Å². The van der Waals surface area contributed by atoms with Gasteiger partial charge in [-0.25, -0.2) is 0 Å². The monoisotopic (exact) mass is 178 g/mol. The molecule has 0 aliphatic rings. The molecular weight excluding hydrogens is 164 g/mol. The third-order valence-electron chi connectivity index (χ3n) is 1.72. The first-order valence-corrected chi connectivity index (χ1v) is 4.49. The standard InChI is InChI=1S/C11H14O2/c1-3-4-10-5-7-11(8-6-10)13-9(2)12/h5-8H,3-4H2,1-2H3. The highest BCUT2D eigenvalue weighted by Crippen LogP contribution is 2.13. The van der Waals surface area contributed by atoms with E-state index in [0.29, 0.717) is 5.75 Å². The second-order valence-electron chi connectivity index (χ2n) is 2.99. The Morgan fingerprint density at radius 1 is 1.31 bits per heavy atom. The molecule has 2 nitrogen and oxygen atoms in total. The molecule has 70 valence electrons. The van der Waals surface area contributed by atoms with Gasteiger partial charge in [0.2, 0.25) is 0 Å². The number of ether oxygens (including phenoxy) is 1. The van der Waals surface area contributed by atoms with Crippen LogP contribution in [0.1, 0.15) is 25.8 Å². The van der Waals surface area contributed by atoms with Gasteiger partial charge in [-0.05, 0) is 24.1 Å². The van der Waals surface area contributed by atoms with E-state index in [1.54, 1.807) is 0 Å². The maximum absolute atomic E-state index is 10.6. The number of esters is 1. The van der Waals surface area contributed by atoms with E-state index < -0.39 is 0 Å². The van der Waals surface area contributed by atoms with Crippen molar-refractivity contribution in [3.8, 4) is 5.75 Å². The van der Waals surface area contributed by atoms with Crippen molar-refractivity contribution in [1.82, 2.24) is 0 Å². The number of carbonyl (C=O) groups is 1. The zero-order valence-corrected chi connectivity index (χ0v) is 8.04. The fourth-order valence-electron chi connectivity index (χ4n) is 1.18. The predicted molar refractivity (Wildman–Crippen MR) is 51.7 cm³/mol. The first-order valence-electron chi connectivity index (χ1n) is 4.49. The van der Waals surface area contributed by atoms with E-state index in [2.05, 4.69) is 6.92 Å². The molecule has 1 aromatic rings. The van der Waals surface area contributed by atoms with Gasteiger partial charge < -0.3 is 4.74 Å². The molecule has 0 N–H and O–H groups in total. The summed E-state index contributed by atoms with van der Waals surface area (Å²) in [6.07, 6.45) is 2.20. The third-order valence-corrected chi connectivity index (χ3v) is 1.72. The molecule has 1 aromatic carbocycles. The van der Waals surface area contributed by atoms with Crippen molar-refractivity contribution in [2.45, 2.75) is 26.7 Å². The average Bonchev–Trinajstić information content (AvgIpc) is 2.08. The first kappa shape index (κ1) is 9.78. The van der Waals surface area contributed by atoms with Gasteiger partial charge in [-0.1, -0.05) is 25.5 Å². The Labute approximate surface area is 78.5 Å². The van der Waals surface area contributed by atoms with Crippen molar-refractivity contribution in [3.05, 3.63) is 29.8 Å². The molecule has 0 heterocycles.